The van der Waals surface area contributed by atoms with E-state index in [-0.39, 0.29) is 6.47 Å². The van der Waals surface area contributed by atoms with Crippen LogP contribution < -0.4 is 5.73 Å². The molecular formula is C19H20N8O2. The molecule has 0 radical (unpaired) electrons. The van der Waals surface area contributed by atoms with Crippen molar-refractivity contribution in [2.45, 2.75) is 20.0 Å². The smallest absolute Gasteiger partial charge is 0.290 e. The summed E-state index contributed by atoms with van der Waals surface area (Å²) in [5.74, 6) is 1.93. The summed E-state index contributed by atoms with van der Waals surface area (Å²) in [6, 6.07) is 9.65. The first-order valence-electron chi connectivity index (χ1n) is 8.75. The molecular weight excluding hydrogens is 372 g/mol. The highest BCUT2D eigenvalue weighted by atomic mass is 16.3. The lowest BCUT2D eigenvalue weighted by molar-refractivity contribution is -0.122. The summed E-state index contributed by atoms with van der Waals surface area (Å²) < 4.78 is 3.92. The number of carboxylic acid groups (broad SMARTS) is 1. The maximum Gasteiger partial charge on any atom is 0.290 e. The first kappa shape index (κ1) is 19.7. The van der Waals surface area contributed by atoms with Gasteiger partial charge in [0, 0.05) is 42.5 Å². The monoisotopic (exact) mass is 392 g/mol. The number of hydrogen-bond donors (Lipinski definition) is 2. The molecule has 0 saturated carbocycles. The standard InChI is InChI=1S/C18H18N8.CH2O2/c1-13-12-26(24-23-13)10-9-25-8-7-21-18(25)15-4-2-3-14(11-15)17-20-6-5-16(19)22-17;2-1-3/h2-8,11-12H,9-10H2,1H3,(H2,19,20,22);1H,(H,2,3). The topological polar surface area (TPSA) is 138 Å². The Balaban J connectivity index is 0.000000755. The van der Waals surface area contributed by atoms with Gasteiger partial charge in [-0.1, -0.05) is 23.4 Å². The Labute approximate surface area is 166 Å². The van der Waals surface area contributed by atoms with Gasteiger partial charge in [0.2, 0.25) is 0 Å². The fourth-order valence-corrected chi connectivity index (χ4v) is 2.77. The van der Waals surface area contributed by atoms with E-state index in [9.17, 15) is 0 Å². The number of nitrogens with zero attached hydrogens (tertiary/aromatic N) is 7. The number of aryl methyl sites for hydroxylation is 3. The van der Waals surface area contributed by atoms with Gasteiger partial charge < -0.3 is 15.4 Å². The molecule has 10 heteroatoms. The average molecular weight is 392 g/mol. The van der Waals surface area contributed by atoms with E-state index in [4.69, 9.17) is 15.6 Å². The molecule has 0 amide bonds. The molecule has 3 aromatic heterocycles. The third kappa shape index (κ3) is 5.01. The molecule has 0 bridgehead atoms. The van der Waals surface area contributed by atoms with Crippen LogP contribution in [0.3, 0.4) is 0 Å². The van der Waals surface area contributed by atoms with Gasteiger partial charge in [-0.15, -0.1) is 5.10 Å². The lowest BCUT2D eigenvalue weighted by Gasteiger charge is -2.09. The minimum atomic E-state index is -0.250. The fraction of sp³-hybridized carbons (Fsp3) is 0.158. The second-order valence-electron chi connectivity index (χ2n) is 6.06. The van der Waals surface area contributed by atoms with Crippen LogP contribution in [0.5, 0.6) is 0 Å². The van der Waals surface area contributed by atoms with Crippen LogP contribution in [0, 0.1) is 6.92 Å². The molecule has 3 heterocycles. The zero-order valence-electron chi connectivity index (χ0n) is 15.8. The van der Waals surface area contributed by atoms with Crippen molar-refractivity contribution in [3.63, 3.8) is 0 Å². The van der Waals surface area contributed by atoms with E-state index in [1.165, 1.54) is 0 Å². The zero-order chi connectivity index (χ0) is 20.6. The molecule has 1 aromatic carbocycles. The number of carbonyl (C=O) groups is 1. The minimum absolute atomic E-state index is 0.250. The van der Waals surface area contributed by atoms with Crippen LogP contribution >= 0.6 is 0 Å². The number of imidazole rings is 1. The van der Waals surface area contributed by atoms with E-state index < -0.39 is 0 Å². The summed E-state index contributed by atoms with van der Waals surface area (Å²) >= 11 is 0. The summed E-state index contributed by atoms with van der Waals surface area (Å²) in [5, 5.41) is 15.0. The number of benzene rings is 1. The molecule has 0 fully saturated rings. The van der Waals surface area contributed by atoms with Crippen molar-refractivity contribution >= 4 is 12.3 Å². The highest BCUT2D eigenvalue weighted by molar-refractivity contribution is 5.66. The zero-order valence-corrected chi connectivity index (χ0v) is 15.8. The van der Waals surface area contributed by atoms with E-state index >= 15 is 0 Å². The Kier molecular flexibility index (Phi) is 6.25. The predicted molar refractivity (Wildman–Crippen MR) is 107 cm³/mol. The molecule has 10 nitrogen and oxygen atoms in total. The van der Waals surface area contributed by atoms with Crippen molar-refractivity contribution < 1.29 is 9.90 Å². The van der Waals surface area contributed by atoms with Crippen LogP contribution in [0.1, 0.15) is 5.69 Å². The van der Waals surface area contributed by atoms with Gasteiger partial charge >= 0.3 is 0 Å². The van der Waals surface area contributed by atoms with Gasteiger partial charge in [0.15, 0.2) is 5.82 Å². The van der Waals surface area contributed by atoms with Crippen molar-refractivity contribution in [1.29, 1.82) is 0 Å². The quantitative estimate of drug-likeness (QED) is 0.491. The molecule has 0 unspecified atom stereocenters. The largest absolute Gasteiger partial charge is 0.483 e. The first-order valence-corrected chi connectivity index (χ1v) is 8.75. The second-order valence-corrected chi connectivity index (χ2v) is 6.06. The van der Waals surface area contributed by atoms with Crippen molar-refractivity contribution in [3.8, 4) is 22.8 Å². The van der Waals surface area contributed by atoms with E-state index in [2.05, 4.69) is 29.8 Å². The summed E-state index contributed by atoms with van der Waals surface area (Å²) in [4.78, 5) is 21.5. The highest BCUT2D eigenvalue weighted by Crippen LogP contribution is 2.23. The van der Waals surface area contributed by atoms with Crippen LogP contribution in [-0.2, 0) is 17.9 Å². The lowest BCUT2D eigenvalue weighted by Crippen LogP contribution is -2.08. The number of nitrogen functional groups attached to an aromatic ring is 1. The summed E-state index contributed by atoms with van der Waals surface area (Å²) in [5.41, 5.74) is 8.57. The maximum absolute atomic E-state index is 8.36. The molecule has 0 spiro atoms. The van der Waals surface area contributed by atoms with Crippen LogP contribution in [0.15, 0.2) is 55.1 Å². The molecule has 0 aliphatic rings. The average Bonchev–Trinajstić information content (AvgIpc) is 3.36. The van der Waals surface area contributed by atoms with Crippen molar-refractivity contribution in [1.82, 2.24) is 34.5 Å². The van der Waals surface area contributed by atoms with E-state index in [0.29, 0.717) is 11.6 Å². The van der Waals surface area contributed by atoms with Gasteiger partial charge in [-0.25, -0.2) is 15.0 Å². The van der Waals surface area contributed by atoms with Gasteiger partial charge in [0.1, 0.15) is 11.6 Å². The number of anilines is 1. The van der Waals surface area contributed by atoms with E-state index in [1.54, 1.807) is 18.5 Å². The molecule has 4 aromatic rings. The van der Waals surface area contributed by atoms with Gasteiger partial charge in [0.05, 0.1) is 12.2 Å². The van der Waals surface area contributed by atoms with Crippen molar-refractivity contribution in [3.05, 3.63) is 60.8 Å². The number of nitrogens with two attached hydrogens (primary N) is 1. The number of rotatable bonds is 5. The predicted octanol–water partition coefficient (Wildman–Crippen LogP) is 1.89. The summed E-state index contributed by atoms with van der Waals surface area (Å²) in [7, 11) is 0. The van der Waals surface area contributed by atoms with Crippen LogP contribution in [0.2, 0.25) is 0 Å². The maximum atomic E-state index is 8.36. The van der Waals surface area contributed by atoms with Gasteiger partial charge in [-0.05, 0) is 19.1 Å². The minimum Gasteiger partial charge on any atom is -0.483 e. The van der Waals surface area contributed by atoms with Crippen LogP contribution in [-0.4, -0.2) is 46.1 Å². The molecule has 0 atom stereocenters. The number of aromatic nitrogens is 7. The van der Waals surface area contributed by atoms with Crippen molar-refractivity contribution in [2.75, 3.05) is 5.73 Å². The molecule has 0 saturated heterocycles. The lowest BCUT2D eigenvalue weighted by atomic mass is 10.1. The Morgan fingerprint density at radius 3 is 2.66 bits per heavy atom. The fourth-order valence-electron chi connectivity index (χ4n) is 2.77. The van der Waals surface area contributed by atoms with Crippen molar-refractivity contribution in [2.24, 2.45) is 0 Å². The Bertz CT molecular complexity index is 1090. The van der Waals surface area contributed by atoms with Gasteiger partial charge in [-0.2, -0.15) is 0 Å². The highest BCUT2D eigenvalue weighted by Gasteiger charge is 2.09. The molecule has 4 rings (SSSR count). The molecule has 29 heavy (non-hydrogen) atoms. The van der Waals surface area contributed by atoms with Gasteiger partial charge in [0.25, 0.3) is 6.47 Å². The third-order valence-electron chi connectivity index (χ3n) is 3.99. The van der Waals surface area contributed by atoms with Crippen LogP contribution in [0.25, 0.3) is 22.8 Å². The van der Waals surface area contributed by atoms with Gasteiger partial charge in [-0.3, -0.25) is 9.48 Å². The second kappa shape index (κ2) is 9.22. The van der Waals surface area contributed by atoms with Crippen LogP contribution in [0.4, 0.5) is 5.82 Å². The molecule has 148 valence electrons. The third-order valence-corrected chi connectivity index (χ3v) is 3.99. The normalized spacial score (nSPS) is 10.2. The van der Waals surface area contributed by atoms with E-state index in [1.807, 2.05) is 48.3 Å². The summed E-state index contributed by atoms with van der Waals surface area (Å²) in [6.07, 6.45) is 7.34. The first-order chi connectivity index (χ1) is 14.1. The molecule has 0 aliphatic carbocycles. The Morgan fingerprint density at radius 1 is 1.14 bits per heavy atom. The Morgan fingerprint density at radius 2 is 1.93 bits per heavy atom. The number of hydrogen-bond acceptors (Lipinski definition) is 7. The molecule has 3 N–H and O–H groups in total. The summed E-state index contributed by atoms with van der Waals surface area (Å²) in [6.45, 7) is 3.15. The SMILES string of the molecule is Cc1cn(CCn2ccnc2-c2cccc(-c3nccc(N)n3)c2)nn1.O=CO. The Hall–Kier alpha value is -4.08. The molecule has 0 aliphatic heterocycles. The van der Waals surface area contributed by atoms with E-state index in [0.717, 1.165) is 35.7 Å².